The van der Waals surface area contributed by atoms with E-state index in [-0.39, 0.29) is 5.41 Å². The van der Waals surface area contributed by atoms with E-state index in [1.54, 1.807) is 0 Å². The molecular weight excluding hydrogens is 384 g/mol. The van der Waals surface area contributed by atoms with Crippen LogP contribution in [0.4, 0.5) is 0 Å². The fourth-order valence-electron chi connectivity index (χ4n) is 5.74. The molecule has 0 amide bonds. The third-order valence-corrected chi connectivity index (χ3v) is 7.47. The van der Waals surface area contributed by atoms with Gasteiger partial charge < -0.3 is 0 Å². The van der Waals surface area contributed by atoms with E-state index in [4.69, 9.17) is 0 Å². The van der Waals surface area contributed by atoms with Crippen LogP contribution in [0.3, 0.4) is 0 Å². The first-order valence-electron chi connectivity index (χ1n) is 11.7. The Kier molecular flexibility index (Phi) is 4.43. The van der Waals surface area contributed by atoms with Crippen molar-refractivity contribution >= 4 is 16.3 Å². The summed E-state index contributed by atoms with van der Waals surface area (Å²) in [7, 11) is 0. The molecule has 0 heterocycles. The molecule has 0 saturated carbocycles. The molecule has 0 unspecified atom stereocenters. The van der Waals surface area contributed by atoms with Gasteiger partial charge >= 0.3 is 0 Å². The van der Waals surface area contributed by atoms with Gasteiger partial charge in [0, 0.05) is 5.41 Å². The van der Waals surface area contributed by atoms with Gasteiger partial charge in [-0.2, -0.15) is 0 Å². The summed E-state index contributed by atoms with van der Waals surface area (Å²) in [5, 5.41) is 2.80. The Hall–Kier alpha value is -3.38. The zero-order valence-corrected chi connectivity index (χ0v) is 18.9. The van der Waals surface area contributed by atoms with Crippen LogP contribution in [0.25, 0.3) is 27.5 Å². The lowest BCUT2D eigenvalue weighted by molar-refractivity contribution is 0.660. The third kappa shape index (κ3) is 2.98. The van der Waals surface area contributed by atoms with Crippen molar-refractivity contribution in [3.05, 3.63) is 125 Å². The van der Waals surface area contributed by atoms with Crippen molar-refractivity contribution in [1.82, 2.24) is 0 Å². The van der Waals surface area contributed by atoms with Gasteiger partial charge in [0.2, 0.25) is 0 Å². The topological polar surface area (TPSA) is 0 Å². The van der Waals surface area contributed by atoms with Crippen molar-refractivity contribution in [2.45, 2.75) is 38.5 Å². The van der Waals surface area contributed by atoms with Crippen molar-refractivity contribution in [2.75, 3.05) is 0 Å². The first-order chi connectivity index (χ1) is 15.6. The van der Waals surface area contributed by atoms with Crippen LogP contribution in [0, 0.1) is 0 Å². The first-order valence-corrected chi connectivity index (χ1v) is 11.7. The second-order valence-electron chi connectivity index (χ2n) is 9.73. The standard InChI is InChI=1S/C32H28/c1-32(2)29-15-9-8-14-28(29)31-27-13-7-6-12-26(27)25(21-30(31)32)20-22-16-18-24(19-17-22)23-10-4-3-5-11-23/h3-16,18,21H,17,19-20H2,1-2H3. The van der Waals surface area contributed by atoms with Crippen LogP contribution in [0.1, 0.15) is 48.9 Å². The van der Waals surface area contributed by atoms with Gasteiger partial charge in [-0.15, -0.1) is 0 Å². The molecule has 0 fully saturated rings. The summed E-state index contributed by atoms with van der Waals surface area (Å²) in [5.41, 5.74) is 11.6. The maximum absolute atomic E-state index is 2.51. The normalized spacial score (nSPS) is 16.3. The Morgan fingerprint density at radius 3 is 2.19 bits per heavy atom. The molecule has 2 aliphatic carbocycles. The number of rotatable bonds is 3. The van der Waals surface area contributed by atoms with Crippen LogP contribution in [-0.2, 0) is 11.8 Å². The molecule has 0 spiro atoms. The average Bonchev–Trinajstić information content (AvgIpc) is 3.07. The highest BCUT2D eigenvalue weighted by Gasteiger charge is 2.36. The molecule has 0 saturated heterocycles. The molecule has 0 aromatic heterocycles. The van der Waals surface area contributed by atoms with E-state index in [0.29, 0.717) is 0 Å². The molecule has 0 radical (unpaired) electrons. The van der Waals surface area contributed by atoms with Gasteiger partial charge in [0.1, 0.15) is 0 Å². The molecule has 0 heteroatoms. The number of benzene rings is 4. The molecule has 4 aromatic rings. The van der Waals surface area contributed by atoms with E-state index < -0.39 is 0 Å². The minimum atomic E-state index is 0.0338. The smallest absolute Gasteiger partial charge is 0.0159 e. The molecular formula is C32H28. The second kappa shape index (κ2) is 7.35. The van der Waals surface area contributed by atoms with Gasteiger partial charge in [0.05, 0.1) is 0 Å². The molecule has 0 N–H and O–H groups in total. The zero-order valence-electron chi connectivity index (χ0n) is 18.9. The first kappa shape index (κ1) is 19.3. The van der Waals surface area contributed by atoms with Crippen LogP contribution < -0.4 is 0 Å². The predicted octanol–water partition coefficient (Wildman–Crippen LogP) is 8.49. The maximum Gasteiger partial charge on any atom is 0.0159 e. The lowest BCUT2D eigenvalue weighted by atomic mass is 9.80. The van der Waals surface area contributed by atoms with Crippen molar-refractivity contribution in [1.29, 1.82) is 0 Å². The Morgan fingerprint density at radius 2 is 1.41 bits per heavy atom. The Bertz CT molecular complexity index is 1400. The summed E-state index contributed by atoms with van der Waals surface area (Å²) in [5.74, 6) is 0. The van der Waals surface area contributed by atoms with Crippen LogP contribution in [0.2, 0.25) is 0 Å². The van der Waals surface area contributed by atoms with Crippen molar-refractivity contribution in [3.63, 3.8) is 0 Å². The molecule has 6 rings (SSSR count). The second-order valence-corrected chi connectivity index (χ2v) is 9.73. The largest absolute Gasteiger partial charge is 0.0655 e. The highest BCUT2D eigenvalue weighted by atomic mass is 14.4. The number of fused-ring (bicyclic) bond motifs is 5. The summed E-state index contributed by atoms with van der Waals surface area (Å²) in [6.45, 7) is 4.76. The molecule has 156 valence electrons. The highest BCUT2D eigenvalue weighted by molar-refractivity contribution is 6.04. The van der Waals surface area contributed by atoms with E-state index >= 15 is 0 Å². The van der Waals surface area contributed by atoms with Crippen LogP contribution in [0.15, 0.2) is 103 Å². The lowest BCUT2D eigenvalue weighted by Gasteiger charge is -2.23. The molecule has 0 nitrogen and oxygen atoms in total. The molecule has 2 aliphatic rings. The fourth-order valence-corrected chi connectivity index (χ4v) is 5.74. The predicted molar refractivity (Wildman–Crippen MR) is 137 cm³/mol. The van der Waals surface area contributed by atoms with E-state index in [9.17, 15) is 0 Å². The van der Waals surface area contributed by atoms with Gasteiger partial charge in [-0.3, -0.25) is 0 Å². The average molecular weight is 413 g/mol. The van der Waals surface area contributed by atoms with Crippen LogP contribution in [-0.4, -0.2) is 0 Å². The quantitative estimate of drug-likeness (QED) is 0.316. The highest BCUT2D eigenvalue weighted by Crippen LogP contribution is 2.52. The zero-order chi connectivity index (χ0) is 21.7. The Labute approximate surface area is 190 Å². The number of hydrogen-bond donors (Lipinski definition) is 0. The molecule has 4 aromatic carbocycles. The minimum Gasteiger partial charge on any atom is -0.0655 e. The number of allylic oxidation sites excluding steroid dienone is 4. The third-order valence-electron chi connectivity index (χ3n) is 7.47. The lowest BCUT2D eigenvalue weighted by Crippen LogP contribution is -2.15. The van der Waals surface area contributed by atoms with Crippen molar-refractivity contribution in [2.24, 2.45) is 0 Å². The molecule has 0 atom stereocenters. The fraction of sp³-hybridized carbons (Fsp3) is 0.188. The van der Waals surface area contributed by atoms with Gasteiger partial charge in [-0.1, -0.05) is 117 Å². The molecule has 0 aliphatic heterocycles. The van der Waals surface area contributed by atoms with E-state index in [2.05, 4.69) is 111 Å². The molecule has 32 heavy (non-hydrogen) atoms. The summed E-state index contributed by atoms with van der Waals surface area (Å²) in [6.07, 6.45) is 7.99. The minimum absolute atomic E-state index is 0.0338. The summed E-state index contributed by atoms with van der Waals surface area (Å²) >= 11 is 0. The van der Waals surface area contributed by atoms with Gasteiger partial charge in [0.25, 0.3) is 0 Å². The summed E-state index contributed by atoms with van der Waals surface area (Å²) in [6, 6.07) is 31.3. The van der Waals surface area contributed by atoms with Crippen LogP contribution >= 0.6 is 0 Å². The monoisotopic (exact) mass is 412 g/mol. The van der Waals surface area contributed by atoms with Gasteiger partial charge in [-0.25, -0.2) is 0 Å². The van der Waals surface area contributed by atoms with Gasteiger partial charge in [-0.05, 0) is 69.0 Å². The van der Waals surface area contributed by atoms with Crippen molar-refractivity contribution in [3.8, 4) is 11.1 Å². The maximum atomic E-state index is 2.51. The Balaban J connectivity index is 1.45. The van der Waals surface area contributed by atoms with E-state index in [0.717, 1.165) is 19.3 Å². The summed E-state index contributed by atoms with van der Waals surface area (Å²) in [4.78, 5) is 0. The van der Waals surface area contributed by atoms with E-state index in [1.807, 2.05) is 0 Å². The van der Waals surface area contributed by atoms with E-state index in [1.165, 1.54) is 55.3 Å². The summed E-state index contributed by atoms with van der Waals surface area (Å²) < 4.78 is 0. The Morgan fingerprint density at radius 1 is 0.688 bits per heavy atom. The van der Waals surface area contributed by atoms with Crippen LogP contribution in [0.5, 0.6) is 0 Å². The SMILES string of the molecule is CC1(C)c2ccccc2-c2c1cc(CC1=CC=C(c3ccccc3)CC1)c1ccccc21. The molecule has 0 bridgehead atoms. The van der Waals surface area contributed by atoms with Gasteiger partial charge in [0.15, 0.2) is 0 Å². The van der Waals surface area contributed by atoms with Crippen molar-refractivity contribution < 1.29 is 0 Å². The number of hydrogen-bond acceptors (Lipinski definition) is 0.